The van der Waals surface area contributed by atoms with Gasteiger partial charge in [0.1, 0.15) is 4.90 Å². The van der Waals surface area contributed by atoms with Crippen molar-refractivity contribution < 1.29 is 13.5 Å². The van der Waals surface area contributed by atoms with Gasteiger partial charge in [0.05, 0.1) is 11.6 Å². The third-order valence-electron chi connectivity index (χ3n) is 2.08. The molecule has 2 N–H and O–H groups in total. The lowest BCUT2D eigenvalue weighted by atomic mass is 10.2. The van der Waals surface area contributed by atoms with Crippen molar-refractivity contribution in [2.24, 2.45) is 0 Å². The van der Waals surface area contributed by atoms with Crippen LogP contribution in [-0.2, 0) is 16.6 Å². The summed E-state index contributed by atoms with van der Waals surface area (Å²) in [5.41, 5.74) is 0.288. The predicted octanol–water partition coefficient (Wildman–Crippen LogP) is 2.17. The molecule has 0 bridgehead atoms. The van der Waals surface area contributed by atoms with Gasteiger partial charge >= 0.3 is 0 Å². The van der Waals surface area contributed by atoms with Gasteiger partial charge in [-0.25, -0.2) is 13.1 Å². The van der Waals surface area contributed by atoms with Gasteiger partial charge < -0.3 is 5.11 Å². The number of halogens is 2. The summed E-state index contributed by atoms with van der Waals surface area (Å²) in [6.45, 7) is 1.80. The zero-order valence-electron chi connectivity index (χ0n) is 9.20. The summed E-state index contributed by atoms with van der Waals surface area (Å²) in [7, 11) is -3.69. The molecule has 96 valence electrons. The largest absolute Gasteiger partial charge is 0.392 e. The van der Waals surface area contributed by atoms with Crippen LogP contribution in [0.15, 0.2) is 17.0 Å². The number of rotatable bonds is 5. The van der Waals surface area contributed by atoms with Crippen molar-refractivity contribution in [1.82, 2.24) is 4.72 Å². The van der Waals surface area contributed by atoms with Gasteiger partial charge in [-0.1, -0.05) is 30.1 Å². The molecule has 0 heterocycles. The summed E-state index contributed by atoms with van der Waals surface area (Å²) < 4.78 is 26.2. The molecule has 1 aromatic rings. The molecule has 4 nitrogen and oxygen atoms in total. The highest BCUT2D eigenvalue weighted by atomic mass is 35.5. The average molecular weight is 298 g/mol. The smallest absolute Gasteiger partial charge is 0.242 e. The molecule has 1 aromatic carbocycles. The van der Waals surface area contributed by atoms with E-state index in [9.17, 15) is 8.42 Å². The number of aliphatic hydroxyl groups is 1. The topological polar surface area (TPSA) is 66.4 Å². The van der Waals surface area contributed by atoms with E-state index in [4.69, 9.17) is 28.3 Å². The van der Waals surface area contributed by atoms with Gasteiger partial charge in [0.25, 0.3) is 0 Å². The molecule has 0 fully saturated rings. The molecular formula is C10H13Cl2NO3S. The zero-order valence-corrected chi connectivity index (χ0v) is 11.5. The van der Waals surface area contributed by atoms with Gasteiger partial charge in [0, 0.05) is 11.6 Å². The molecule has 0 unspecified atom stereocenters. The lowest BCUT2D eigenvalue weighted by Gasteiger charge is -2.10. The molecule has 0 aliphatic carbocycles. The number of sulfonamides is 1. The Morgan fingerprint density at radius 1 is 1.35 bits per heavy atom. The third kappa shape index (κ3) is 3.56. The standard InChI is InChI=1S/C10H13Cl2NO3S/c1-2-3-13-17(15,16)9-5-8(11)4-7(6-14)10(9)12/h4-5,13-14H,2-3,6H2,1H3. The van der Waals surface area contributed by atoms with Gasteiger partial charge in [-0.2, -0.15) is 0 Å². The van der Waals surface area contributed by atoms with E-state index < -0.39 is 10.0 Å². The highest BCUT2D eigenvalue weighted by molar-refractivity contribution is 7.89. The first-order chi connectivity index (χ1) is 7.92. The van der Waals surface area contributed by atoms with Crippen LogP contribution >= 0.6 is 23.2 Å². The average Bonchev–Trinajstić information content (AvgIpc) is 2.29. The molecule has 0 aliphatic rings. The van der Waals surface area contributed by atoms with E-state index in [1.807, 2.05) is 6.92 Å². The fraction of sp³-hybridized carbons (Fsp3) is 0.400. The second-order valence-electron chi connectivity index (χ2n) is 3.43. The van der Waals surface area contributed by atoms with Crippen molar-refractivity contribution in [3.8, 4) is 0 Å². The number of hydrogen-bond donors (Lipinski definition) is 2. The van der Waals surface area contributed by atoms with Gasteiger partial charge in [0.2, 0.25) is 10.0 Å². The SMILES string of the molecule is CCCNS(=O)(=O)c1cc(Cl)cc(CO)c1Cl. The molecule has 0 atom stereocenters. The summed E-state index contributed by atoms with van der Waals surface area (Å²) >= 11 is 11.7. The Labute approximate surface area is 111 Å². The lowest BCUT2D eigenvalue weighted by molar-refractivity contribution is 0.281. The highest BCUT2D eigenvalue weighted by Crippen LogP contribution is 2.29. The zero-order chi connectivity index (χ0) is 13.1. The van der Waals surface area contributed by atoms with Crippen LogP contribution in [0.25, 0.3) is 0 Å². The molecule has 0 amide bonds. The van der Waals surface area contributed by atoms with Crippen LogP contribution in [0.1, 0.15) is 18.9 Å². The van der Waals surface area contributed by atoms with E-state index >= 15 is 0 Å². The van der Waals surface area contributed by atoms with Gasteiger partial charge in [-0.3, -0.25) is 0 Å². The number of nitrogens with one attached hydrogen (secondary N) is 1. The van der Waals surface area contributed by atoms with Crippen LogP contribution in [0.2, 0.25) is 10.0 Å². The molecule has 7 heteroatoms. The Hall–Kier alpha value is -0.330. The molecule has 0 aliphatic heterocycles. The highest BCUT2D eigenvalue weighted by Gasteiger charge is 2.20. The van der Waals surface area contributed by atoms with Crippen molar-refractivity contribution in [1.29, 1.82) is 0 Å². The van der Waals surface area contributed by atoms with E-state index in [1.54, 1.807) is 0 Å². The number of hydrogen-bond acceptors (Lipinski definition) is 3. The van der Waals surface area contributed by atoms with Crippen molar-refractivity contribution in [3.63, 3.8) is 0 Å². The minimum atomic E-state index is -3.69. The van der Waals surface area contributed by atoms with E-state index in [2.05, 4.69) is 4.72 Å². The van der Waals surface area contributed by atoms with E-state index in [1.165, 1.54) is 12.1 Å². The van der Waals surface area contributed by atoms with Gasteiger partial charge in [-0.15, -0.1) is 0 Å². The Morgan fingerprint density at radius 3 is 2.53 bits per heavy atom. The monoisotopic (exact) mass is 297 g/mol. The molecule has 0 aromatic heterocycles. The van der Waals surface area contributed by atoms with Gasteiger partial charge in [0.15, 0.2) is 0 Å². The molecule has 0 saturated carbocycles. The molecule has 1 rings (SSSR count). The summed E-state index contributed by atoms with van der Waals surface area (Å²) in [6.07, 6.45) is 0.671. The summed E-state index contributed by atoms with van der Waals surface area (Å²) in [4.78, 5) is -0.107. The van der Waals surface area contributed by atoms with Crippen LogP contribution < -0.4 is 4.72 Å². The fourth-order valence-corrected chi connectivity index (χ4v) is 3.30. The number of aliphatic hydroxyl groups excluding tert-OH is 1. The second kappa shape index (κ2) is 6.02. The maximum absolute atomic E-state index is 11.9. The van der Waals surface area contributed by atoms with Crippen LogP contribution in [0.5, 0.6) is 0 Å². The summed E-state index contributed by atoms with van der Waals surface area (Å²) in [5, 5.41) is 9.27. The Morgan fingerprint density at radius 2 is 2.00 bits per heavy atom. The van der Waals surface area contributed by atoms with Crippen molar-refractivity contribution >= 4 is 33.2 Å². The maximum atomic E-state index is 11.9. The quantitative estimate of drug-likeness (QED) is 0.875. The molecular weight excluding hydrogens is 285 g/mol. The predicted molar refractivity (Wildman–Crippen MR) is 67.9 cm³/mol. The third-order valence-corrected chi connectivity index (χ3v) is 4.34. The molecule has 0 saturated heterocycles. The van der Waals surface area contributed by atoms with Gasteiger partial charge in [-0.05, 0) is 24.1 Å². The van der Waals surface area contributed by atoms with Crippen molar-refractivity contribution in [3.05, 3.63) is 27.7 Å². The van der Waals surface area contributed by atoms with Crippen LogP contribution in [0, 0.1) is 0 Å². The first-order valence-corrected chi connectivity index (χ1v) is 7.24. The molecule has 0 spiro atoms. The summed E-state index contributed by atoms with van der Waals surface area (Å²) in [6, 6.07) is 2.70. The minimum absolute atomic E-state index is 0.000466. The molecule has 17 heavy (non-hydrogen) atoms. The second-order valence-corrected chi connectivity index (χ2v) is 5.98. The Bertz CT molecular complexity index is 503. The molecule has 0 radical (unpaired) electrons. The lowest BCUT2D eigenvalue weighted by Crippen LogP contribution is -2.25. The summed E-state index contributed by atoms with van der Waals surface area (Å²) in [5.74, 6) is 0. The van der Waals surface area contributed by atoms with Crippen LogP contribution in [0.3, 0.4) is 0 Å². The Balaban J connectivity index is 3.26. The first kappa shape index (κ1) is 14.7. The van der Waals surface area contributed by atoms with E-state index in [-0.39, 0.29) is 27.1 Å². The van der Waals surface area contributed by atoms with E-state index in [0.29, 0.717) is 13.0 Å². The number of benzene rings is 1. The van der Waals surface area contributed by atoms with Crippen LogP contribution in [0.4, 0.5) is 0 Å². The Kier molecular flexibility index (Phi) is 5.22. The maximum Gasteiger partial charge on any atom is 0.242 e. The van der Waals surface area contributed by atoms with Crippen LogP contribution in [-0.4, -0.2) is 20.1 Å². The fourth-order valence-electron chi connectivity index (χ4n) is 1.24. The van der Waals surface area contributed by atoms with E-state index in [0.717, 1.165) is 0 Å². The normalized spacial score (nSPS) is 11.8. The minimum Gasteiger partial charge on any atom is -0.392 e. The first-order valence-electron chi connectivity index (χ1n) is 5.00. The van der Waals surface area contributed by atoms with Crippen molar-refractivity contribution in [2.75, 3.05) is 6.54 Å². The van der Waals surface area contributed by atoms with Crippen molar-refractivity contribution in [2.45, 2.75) is 24.8 Å².